The molecule has 20 heavy (non-hydrogen) atoms. The molecule has 3 N–H and O–H groups in total. The molecular formula is C15H23FN2OS. The van der Waals surface area contributed by atoms with E-state index < -0.39 is 6.10 Å². The lowest BCUT2D eigenvalue weighted by Gasteiger charge is -2.14. The highest BCUT2D eigenvalue weighted by Gasteiger charge is 2.07. The first-order chi connectivity index (χ1) is 9.49. The molecular weight excluding hydrogens is 275 g/mol. The first kappa shape index (κ1) is 16.9. The van der Waals surface area contributed by atoms with Crippen molar-refractivity contribution in [3.05, 3.63) is 35.6 Å². The molecule has 112 valence electrons. The van der Waals surface area contributed by atoms with Crippen molar-refractivity contribution in [2.75, 3.05) is 6.54 Å². The van der Waals surface area contributed by atoms with Crippen LogP contribution in [0, 0.1) is 5.82 Å². The van der Waals surface area contributed by atoms with Gasteiger partial charge in [0.1, 0.15) is 5.82 Å². The van der Waals surface area contributed by atoms with E-state index in [0.717, 1.165) is 24.9 Å². The van der Waals surface area contributed by atoms with Crippen LogP contribution in [0.5, 0.6) is 0 Å². The van der Waals surface area contributed by atoms with E-state index >= 15 is 0 Å². The van der Waals surface area contributed by atoms with Crippen LogP contribution in [-0.4, -0.2) is 22.8 Å². The molecule has 0 radical (unpaired) electrons. The summed E-state index contributed by atoms with van der Waals surface area (Å²) in [6.07, 6.45) is 1.95. The van der Waals surface area contributed by atoms with Gasteiger partial charge in [-0.3, -0.25) is 0 Å². The van der Waals surface area contributed by atoms with E-state index in [2.05, 4.69) is 10.6 Å². The Hall–Kier alpha value is -1.20. The van der Waals surface area contributed by atoms with Crippen LogP contribution in [0.25, 0.3) is 0 Å². The summed E-state index contributed by atoms with van der Waals surface area (Å²) in [7, 11) is 0. The lowest BCUT2D eigenvalue weighted by Crippen LogP contribution is -2.39. The molecule has 0 spiro atoms. The molecule has 5 heteroatoms. The first-order valence-electron chi connectivity index (χ1n) is 6.97. The van der Waals surface area contributed by atoms with Crippen LogP contribution in [0.4, 0.5) is 4.39 Å². The summed E-state index contributed by atoms with van der Waals surface area (Å²) < 4.78 is 12.8. The van der Waals surface area contributed by atoms with Crippen LogP contribution in [0.15, 0.2) is 24.3 Å². The minimum absolute atomic E-state index is 0.281. The molecule has 3 nitrogen and oxygen atoms in total. The summed E-state index contributed by atoms with van der Waals surface area (Å²) in [4.78, 5) is 0. The van der Waals surface area contributed by atoms with E-state index in [1.54, 1.807) is 12.1 Å². The van der Waals surface area contributed by atoms with E-state index in [0.29, 0.717) is 17.6 Å². The standard InChI is InChI=1S/C15H23FN2OS/c1-11(2)18-15(20)17-10-4-3-5-14(19)12-6-8-13(16)9-7-12/h6-9,11,14,19H,3-5,10H2,1-2H3,(H2,17,18,20). The van der Waals surface area contributed by atoms with Crippen LogP contribution >= 0.6 is 12.2 Å². The van der Waals surface area contributed by atoms with Gasteiger partial charge in [0.2, 0.25) is 0 Å². The number of aliphatic hydroxyl groups excluding tert-OH is 1. The second-order valence-electron chi connectivity index (χ2n) is 5.12. The number of hydrogen-bond acceptors (Lipinski definition) is 2. The molecule has 0 heterocycles. The van der Waals surface area contributed by atoms with Crippen molar-refractivity contribution in [3.8, 4) is 0 Å². The highest BCUT2D eigenvalue weighted by Crippen LogP contribution is 2.19. The number of rotatable bonds is 7. The zero-order chi connectivity index (χ0) is 15.0. The Labute approximate surface area is 125 Å². The Kier molecular flexibility index (Phi) is 7.47. The van der Waals surface area contributed by atoms with Crippen molar-refractivity contribution in [2.24, 2.45) is 0 Å². The molecule has 0 saturated carbocycles. The van der Waals surface area contributed by atoms with Crippen LogP contribution in [0.1, 0.15) is 44.8 Å². The van der Waals surface area contributed by atoms with Crippen molar-refractivity contribution in [3.63, 3.8) is 0 Å². The normalized spacial score (nSPS) is 12.2. The Balaban J connectivity index is 2.15. The van der Waals surface area contributed by atoms with Crippen LogP contribution in [0.2, 0.25) is 0 Å². The molecule has 0 aromatic heterocycles. The van der Waals surface area contributed by atoms with Gasteiger partial charge in [-0.25, -0.2) is 4.39 Å². The van der Waals surface area contributed by atoms with Gasteiger partial charge in [0.25, 0.3) is 0 Å². The van der Waals surface area contributed by atoms with E-state index in [4.69, 9.17) is 12.2 Å². The molecule has 0 aliphatic heterocycles. The summed E-state index contributed by atoms with van der Waals surface area (Å²) >= 11 is 5.11. The summed E-state index contributed by atoms with van der Waals surface area (Å²) in [5.74, 6) is -0.281. The van der Waals surface area contributed by atoms with Crippen molar-refractivity contribution in [1.29, 1.82) is 0 Å². The SMILES string of the molecule is CC(C)NC(=S)NCCCCC(O)c1ccc(F)cc1. The molecule has 1 aromatic carbocycles. The topological polar surface area (TPSA) is 44.3 Å². The van der Waals surface area contributed by atoms with Gasteiger partial charge in [-0.2, -0.15) is 0 Å². The molecule has 0 bridgehead atoms. The van der Waals surface area contributed by atoms with Crippen LogP contribution in [0.3, 0.4) is 0 Å². The molecule has 1 aromatic rings. The highest BCUT2D eigenvalue weighted by atomic mass is 32.1. The van der Waals surface area contributed by atoms with Gasteiger partial charge in [0.05, 0.1) is 6.10 Å². The smallest absolute Gasteiger partial charge is 0.166 e. The monoisotopic (exact) mass is 298 g/mol. The zero-order valence-corrected chi connectivity index (χ0v) is 12.8. The number of nitrogens with one attached hydrogen (secondary N) is 2. The van der Waals surface area contributed by atoms with Gasteiger partial charge < -0.3 is 15.7 Å². The molecule has 0 saturated heterocycles. The zero-order valence-electron chi connectivity index (χ0n) is 12.0. The van der Waals surface area contributed by atoms with Gasteiger partial charge in [-0.05, 0) is 63.0 Å². The van der Waals surface area contributed by atoms with E-state index in [9.17, 15) is 9.50 Å². The summed E-state index contributed by atoms with van der Waals surface area (Å²) in [5.41, 5.74) is 0.761. The summed E-state index contributed by atoms with van der Waals surface area (Å²) in [6.45, 7) is 4.86. The third kappa shape index (κ3) is 6.82. The second kappa shape index (κ2) is 8.87. The van der Waals surface area contributed by atoms with Crippen molar-refractivity contribution < 1.29 is 9.50 Å². The quantitative estimate of drug-likeness (QED) is 0.535. The average Bonchev–Trinajstić information content (AvgIpc) is 2.38. The van der Waals surface area contributed by atoms with Crippen molar-refractivity contribution >= 4 is 17.3 Å². The molecule has 1 rings (SSSR count). The minimum Gasteiger partial charge on any atom is -0.388 e. The lowest BCUT2D eigenvalue weighted by molar-refractivity contribution is 0.163. The number of thiocarbonyl (C=S) groups is 1. The van der Waals surface area contributed by atoms with E-state index in [-0.39, 0.29) is 5.82 Å². The average molecular weight is 298 g/mol. The van der Waals surface area contributed by atoms with Gasteiger partial charge in [-0.1, -0.05) is 12.1 Å². The predicted molar refractivity (Wildman–Crippen MR) is 84.1 cm³/mol. The lowest BCUT2D eigenvalue weighted by atomic mass is 10.0. The van der Waals surface area contributed by atoms with Gasteiger partial charge >= 0.3 is 0 Å². The Morgan fingerprint density at radius 2 is 1.90 bits per heavy atom. The largest absolute Gasteiger partial charge is 0.388 e. The van der Waals surface area contributed by atoms with Crippen LogP contribution < -0.4 is 10.6 Å². The molecule has 0 fully saturated rings. The molecule has 0 amide bonds. The molecule has 0 aliphatic carbocycles. The minimum atomic E-state index is -0.531. The second-order valence-corrected chi connectivity index (χ2v) is 5.53. The summed E-state index contributed by atoms with van der Waals surface area (Å²) in [6, 6.07) is 6.32. The van der Waals surface area contributed by atoms with Crippen LogP contribution in [-0.2, 0) is 0 Å². The molecule has 0 aliphatic rings. The Morgan fingerprint density at radius 3 is 2.50 bits per heavy atom. The fourth-order valence-corrected chi connectivity index (χ4v) is 2.17. The number of benzene rings is 1. The van der Waals surface area contributed by atoms with Gasteiger partial charge in [0.15, 0.2) is 5.11 Å². The number of hydrogen-bond donors (Lipinski definition) is 3. The maximum atomic E-state index is 12.8. The summed E-state index contributed by atoms with van der Waals surface area (Å²) in [5, 5.41) is 16.9. The predicted octanol–water partition coefficient (Wildman–Crippen LogP) is 2.90. The maximum Gasteiger partial charge on any atom is 0.166 e. The number of aliphatic hydroxyl groups is 1. The van der Waals surface area contributed by atoms with E-state index in [1.165, 1.54) is 12.1 Å². The van der Waals surface area contributed by atoms with Gasteiger partial charge in [0, 0.05) is 12.6 Å². The van der Waals surface area contributed by atoms with E-state index in [1.807, 2.05) is 13.8 Å². The first-order valence-corrected chi connectivity index (χ1v) is 7.37. The van der Waals surface area contributed by atoms with Gasteiger partial charge in [-0.15, -0.1) is 0 Å². The fourth-order valence-electron chi connectivity index (χ4n) is 1.83. The highest BCUT2D eigenvalue weighted by molar-refractivity contribution is 7.80. The van der Waals surface area contributed by atoms with Crippen molar-refractivity contribution in [1.82, 2.24) is 10.6 Å². The number of halogens is 1. The maximum absolute atomic E-state index is 12.8. The van der Waals surface area contributed by atoms with Crippen molar-refractivity contribution in [2.45, 2.75) is 45.3 Å². The third-order valence-corrected chi connectivity index (χ3v) is 3.13. The fraction of sp³-hybridized carbons (Fsp3) is 0.533. The molecule has 1 atom stereocenters. The number of unbranched alkanes of at least 4 members (excludes halogenated alkanes) is 1. The Bertz CT molecular complexity index is 409. The molecule has 1 unspecified atom stereocenters. The Morgan fingerprint density at radius 1 is 1.25 bits per heavy atom. The third-order valence-electron chi connectivity index (χ3n) is 2.86.